The van der Waals surface area contributed by atoms with Crippen molar-refractivity contribution in [2.75, 3.05) is 12.5 Å². The summed E-state index contributed by atoms with van der Waals surface area (Å²) in [6.07, 6.45) is 1.73. The number of ether oxygens (including phenoxy) is 1. The monoisotopic (exact) mass is 278 g/mol. The first-order chi connectivity index (χ1) is 8.92. The number of hydrogen-bond acceptors (Lipinski definition) is 1. The van der Waals surface area contributed by atoms with E-state index >= 15 is 0 Å². The van der Waals surface area contributed by atoms with E-state index in [0.717, 1.165) is 24.3 Å². The molecule has 1 aromatic rings. The van der Waals surface area contributed by atoms with Gasteiger partial charge in [0.1, 0.15) is 5.75 Å². The highest BCUT2D eigenvalue weighted by molar-refractivity contribution is 6.18. The number of halogens is 1. The van der Waals surface area contributed by atoms with E-state index in [9.17, 15) is 0 Å². The molecule has 0 saturated heterocycles. The summed E-state index contributed by atoms with van der Waals surface area (Å²) >= 11 is 5.64. The maximum Gasteiger partial charge on any atom is 0.134 e. The molecule has 0 aliphatic carbocycles. The standard InChI is InChI=1S/C17H23ClO/c1-14-8-9-16(19-12-10-17(2,3)4)15(13-14)7-5-6-11-18/h8-9,13H,6,10-12H2,1-4H3. The van der Waals surface area contributed by atoms with Crippen LogP contribution in [0.1, 0.15) is 44.7 Å². The number of rotatable bonds is 4. The van der Waals surface area contributed by atoms with E-state index in [1.165, 1.54) is 5.56 Å². The van der Waals surface area contributed by atoms with E-state index in [0.29, 0.717) is 12.3 Å². The van der Waals surface area contributed by atoms with Gasteiger partial charge in [0.25, 0.3) is 0 Å². The summed E-state index contributed by atoms with van der Waals surface area (Å²) < 4.78 is 5.86. The second kappa shape index (κ2) is 7.46. The third-order valence-corrected chi connectivity index (χ3v) is 2.88. The van der Waals surface area contributed by atoms with Crippen molar-refractivity contribution in [1.82, 2.24) is 0 Å². The summed E-state index contributed by atoms with van der Waals surface area (Å²) in [5.41, 5.74) is 2.44. The van der Waals surface area contributed by atoms with Crippen LogP contribution < -0.4 is 4.74 Å². The Kier molecular flexibility index (Phi) is 6.25. The zero-order valence-corrected chi connectivity index (χ0v) is 13.1. The Balaban J connectivity index is 2.74. The van der Waals surface area contributed by atoms with Crippen molar-refractivity contribution in [2.24, 2.45) is 5.41 Å². The van der Waals surface area contributed by atoms with Gasteiger partial charge in [-0.1, -0.05) is 38.7 Å². The van der Waals surface area contributed by atoms with E-state index < -0.39 is 0 Å². The van der Waals surface area contributed by atoms with Gasteiger partial charge in [0.2, 0.25) is 0 Å². The van der Waals surface area contributed by atoms with Gasteiger partial charge >= 0.3 is 0 Å². The van der Waals surface area contributed by atoms with Crippen LogP contribution in [-0.2, 0) is 0 Å². The number of alkyl halides is 1. The van der Waals surface area contributed by atoms with E-state index in [1.54, 1.807) is 0 Å². The molecule has 2 heteroatoms. The van der Waals surface area contributed by atoms with E-state index in [-0.39, 0.29) is 5.41 Å². The van der Waals surface area contributed by atoms with Crippen molar-refractivity contribution < 1.29 is 4.74 Å². The highest BCUT2D eigenvalue weighted by atomic mass is 35.5. The second-order valence-electron chi connectivity index (χ2n) is 5.90. The van der Waals surface area contributed by atoms with Gasteiger partial charge in [-0.2, -0.15) is 0 Å². The molecule has 104 valence electrons. The van der Waals surface area contributed by atoms with Gasteiger partial charge in [0.15, 0.2) is 0 Å². The molecule has 0 heterocycles. The Morgan fingerprint density at radius 2 is 2.00 bits per heavy atom. The lowest BCUT2D eigenvalue weighted by Gasteiger charge is -2.18. The van der Waals surface area contributed by atoms with Gasteiger partial charge in [0.05, 0.1) is 12.2 Å². The zero-order valence-electron chi connectivity index (χ0n) is 12.3. The molecule has 0 atom stereocenters. The van der Waals surface area contributed by atoms with Crippen molar-refractivity contribution in [2.45, 2.75) is 40.5 Å². The van der Waals surface area contributed by atoms with Crippen LogP contribution in [0.5, 0.6) is 5.75 Å². The first-order valence-corrected chi connectivity index (χ1v) is 7.24. The molecule has 1 nitrogen and oxygen atoms in total. The third kappa shape index (κ3) is 6.55. The molecule has 0 saturated carbocycles. The number of benzene rings is 1. The van der Waals surface area contributed by atoms with Gasteiger partial charge in [-0.25, -0.2) is 0 Å². The molecule has 0 aromatic heterocycles. The van der Waals surface area contributed by atoms with Crippen LogP contribution in [0.4, 0.5) is 0 Å². The van der Waals surface area contributed by atoms with Crippen LogP contribution in [0.3, 0.4) is 0 Å². The van der Waals surface area contributed by atoms with Gasteiger partial charge < -0.3 is 4.74 Å². The first kappa shape index (κ1) is 15.9. The Morgan fingerprint density at radius 3 is 2.63 bits per heavy atom. The summed E-state index contributed by atoms with van der Waals surface area (Å²) in [4.78, 5) is 0. The Hall–Kier alpha value is -1.13. The van der Waals surface area contributed by atoms with Crippen LogP contribution in [0.25, 0.3) is 0 Å². The van der Waals surface area contributed by atoms with Crippen molar-refractivity contribution in [1.29, 1.82) is 0 Å². The van der Waals surface area contributed by atoms with Gasteiger partial charge in [-0.05, 0) is 36.5 Å². The largest absolute Gasteiger partial charge is 0.492 e. The summed E-state index contributed by atoms with van der Waals surface area (Å²) in [7, 11) is 0. The Bertz CT molecular complexity index is 460. The fraction of sp³-hybridized carbons (Fsp3) is 0.529. The summed E-state index contributed by atoms with van der Waals surface area (Å²) in [6, 6.07) is 6.12. The Labute approximate surface area is 122 Å². The van der Waals surface area contributed by atoms with Gasteiger partial charge in [-0.15, -0.1) is 11.6 Å². The first-order valence-electron chi connectivity index (χ1n) is 6.71. The molecular weight excluding hydrogens is 256 g/mol. The minimum Gasteiger partial charge on any atom is -0.492 e. The molecule has 0 spiro atoms. The SMILES string of the molecule is Cc1ccc(OCCC(C)(C)C)c(C#CCCCl)c1. The van der Waals surface area contributed by atoms with Gasteiger partial charge in [0, 0.05) is 12.3 Å². The molecule has 0 aliphatic rings. The van der Waals surface area contributed by atoms with E-state index in [4.69, 9.17) is 16.3 Å². The molecule has 0 fully saturated rings. The molecule has 1 aromatic carbocycles. The quantitative estimate of drug-likeness (QED) is 0.568. The highest BCUT2D eigenvalue weighted by Crippen LogP contribution is 2.22. The molecule has 0 bridgehead atoms. The second-order valence-corrected chi connectivity index (χ2v) is 6.28. The minimum atomic E-state index is 0.287. The fourth-order valence-electron chi connectivity index (χ4n) is 1.54. The molecular formula is C17H23ClO. The molecule has 0 aliphatic heterocycles. The van der Waals surface area contributed by atoms with Crippen LogP contribution in [0.2, 0.25) is 0 Å². The van der Waals surface area contributed by atoms with Gasteiger partial charge in [-0.3, -0.25) is 0 Å². The molecule has 0 N–H and O–H groups in total. The van der Waals surface area contributed by atoms with Crippen molar-refractivity contribution >= 4 is 11.6 Å². The lowest BCUT2D eigenvalue weighted by atomic mass is 9.93. The normalized spacial score (nSPS) is 10.8. The maximum absolute atomic E-state index is 5.86. The third-order valence-electron chi connectivity index (χ3n) is 2.69. The van der Waals surface area contributed by atoms with Crippen LogP contribution in [-0.4, -0.2) is 12.5 Å². The lowest BCUT2D eigenvalue weighted by molar-refractivity contribution is 0.242. The smallest absolute Gasteiger partial charge is 0.134 e. The molecule has 0 amide bonds. The van der Waals surface area contributed by atoms with Crippen LogP contribution >= 0.6 is 11.6 Å². The zero-order chi connectivity index (χ0) is 14.3. The number of hydrogen-bond donors (Lipinski definition) is 0. The predicted molar refractivity (Wildman–Crippen MR) is 83.0 cm³/mol. The van der Waals surface area contributed by atoms with Crippen LogP contribution in [0, 0.1) is 24.2 Å². The average molecular weight is 279 g/mol. The van der Waals surface area contributed by atoms with Crippen molar-refractivity contribution in [3.05, 3.63) is 29.3 Å². The fourth-order valence-corrected chi connectivity index (χ4v) is 1.63. The van der Waals surface area contributed by atoms with E-state index in [2.05, 4.69) is 51.7 Å². The van der Waals surface area contributed by atoms with Crippen molar-refractivity contribution in [3.8, 4) is 17.6 Å². The summed E-state index contributed by atoms with van der Waals surface area (Å²) in [5, 5.41) is 0. The number of aryl methyl sites for hydroxylation is 1. The minimum absolute atomic E-state index is 0.287. The Morgan fingerprint density at radius 1 is 1.26 bits per heavy atom. The predicted octanol–water partition coefficient (Wildman–Crippen LogP) is 4.79. The molecule has 0 unspecified atom stereocenters. The molecule has 19 heavy (non-hydrogen) atoms. The maximum atomic E-state index is 5.86. The molecule has 0 radical (unpaired) electrons. The summed E-state index contributed by atoms with van der Waals surface area (Å²) in [6.45, 7) is 9.43. The average Bonchev–Trinajstić information content (AvgIpc) is 2.30. The van der Waals surface area contributed by atoms with Crippen molar-refractivity contribution in [3.63, 3.8) is 0 Å². The molecule has 1 rings (SSSR count). The lowest BCUT2D eigenvalue weighted by Crippen LogP contribution is -2.11. The van der Waals surface area contributed by atoms with Crippen LogP contribution in [0.15, 0.2) is 18.2 Å². The summed E-state index contributed by atoms with van der Waals surface area (Å²) in [5.74, 6) is 7.65. The highest BCUT2D eigenvalue weighted by Gasteiger charge is 2.10. The van der Waals surface area contributed by atoms with E-state index in [1.807, 2.05) is 6.07 Å². The topological polar surface area (TPSA) is 9.23 Å².